The van der Waals surface area contributed by atoms with Crippen LogP contribution >= 0.6 is 0 Å². The molecule has 5 nitrogen and oxygen atoms in total. The summed E-state index contributed by atoms with van der Waals surface area (Å²) < 4.78 is 38.9. The highest BCUT2D eigenvalue weighted by Crippen LogP contribution is 2.24. The molecule has 1 atom stereocenters. The second-order valence-corrected chi connectivity index (χ2v) is 8.13. The van der Waals surface area contributed by atoms with Gasteiger partial charge in [0.15, 0.2) is 0 Å². The minimum absolute atomic E-state index is 0.247. The van der Waals surface area contributed by atoms with Gasteiger partial charge in [-0.1, -0.05) is 24.6 Å². The summed E-state index contributed by atoms with van der Waals surface area (Å²) in [6.07, 6.45) is 1.30. The van der Waals surface area contributed by atoms with Crippen LogP contribution in [0.25, 0.3) is 0 Å². The molecule has 2 aromatic carbocycles. The largest absolute Gasteiger partial charge is 0.324 e. The van der Waals surface area contributed by atoms with Gasteiger partial charge >= 0.3 is 0 Å². The molecule has 0 radical (unpaired) electrons. The van der Waals surface area contributed by atoms with E-state index in [9.17, 15) is 17.6 Å². The van der Waals surface area contributed by atoms with Crippen molar-refractivity contribution < 1.29 is 17.6 Å². The van der Waals surface area contributed by atoms with Gasteiger partial charge < -0.3 is 5.32 Å². The first-order valence-corrected chi connectivity index (χ1v) is 10.1. The van der Waals surface area contributed by atoms with Crippen molar-refractivity contribution in [2.45, 2.75) is 33.2 Å². The third-order valence-electron chi connectivity index (χ3n) is 4.05. The Kier molecular flexibility index (Phi) is 6.02. The highest BCUT2D eigenvalue weighted by molar-refractivity contribution is 7.92. The third kappa shape index (κ3) is 4.60. The van der Waals surface area contributed by atoms with E-state index in [1.54, 1.807) is 13.0 Å². The van der Waals surface area contributed by atoms with Gasteiger partial charge in [-0.2, -0.15) is 0 Å². The Bertz CT molecular complexity index is 896. The van der Waals surface area contributed by atoms with Crippen LogP contribution in [0.5, 0.6) is 0 Å². The lowest BCUT2D eigenvalue weighted by Crippen LogP contribution is -2.47. The monoisotopic (exact) mass is 378 g/mol. The standard InChI is InChI=1S/C19H23FN2O3S/c1-5-18(19(23)21-17-11-6-13(2)12-14(17)3)22(26(4,24)25)16-9-7-15(20)8-10-16/h6-12,18H,5H2,1-4H3,(H,21,23)/t18-/m0/s1. The summed E-state index contributed by atoms with van der Waals surface area (Å²) in [5, 5.41) is 2.80. The molecule has 0 saturated carbocycles. The number of carbonyl (C=O) groups is 1. The van der Waals surface area contributed by atoms with Crippen LogP contribution in [-0.4, -0.2) is 26.6 Å². The lowest BCUT2D eigenvalue weighted by molar-refractivity contribution is -0.117. The van der Waals surface area contributed by atoms with Crippen LogP contribution < -0.4 is 9.62 Å². The number of benzene rings is 2. The van der Waals surface area contributed by atoms with Gasteiger partial charge in [0.2, 0.25) is 15.9 Å². The Morgan fingerprint density at radius 2 is 1.77 bits per heavy atom. The molecule has 26 heavy (non-hydrogen) atoms. The van der Waals surface area contributed by atoms with Crippen LogP contribution in [0.1, 0.15) is 24.5 Å². The number of sulfonamides is 1. The second kappa shape index (κ2) is 7.86. The number of nitrogens with one attached hydrogen (secondary N) is 1. The number of amides is 1. The predicted octanol–water partition coefficient (Wildman–Crippen LogP) is 3.63. The minimum Gasteiger partial charge on any atom is -0.324 e. The van der Waals surface area contributed by atoms with E-state index in [0.717, 1.165) is 21.7 Å². The summed E-state index contributed by atoms with van der Waals surface area (Å²) in [6, 6.07) is 9.69. The third-order valence-corrected chi connectivity index (χ3v) is 5.23. The number of hydrogen-bond acceptors (Lipinski definition) is 3. The molecule has 0 aliphatic rings. The zero-order valence-electron chi connectivity index (χ0n) is 15.3. The maximum atomic E-state index is 13.2. The highest BCUT2D eigenvalue weighted by Gasteiger charge is 2.31. The van der Waals surface area contributed by atoms with Crippen LogP contribution in [0.2, 0.25) is 0 Å². The molecule has 0 heterocycles. The summed E-state index contributed by atoms with van der Waals surface area (Å²) in [7, 11) is -3.75. The number of hydrogen-bond donors (Lipinski definition) is 1. The quantitative estimate of drug-likeness (QED) is 0.835. The summed E-state index contributed by atoms with van der Waals surface area (Å²) in [5.41, 5.74) is 2.83. The first kappa shape index (κ1) is 19.9. The first-order valence-electron chi connectivity index (χ1n) is 8.26. The van der Waals surface area contributed by atoms with Crippen LogP contribution in [0.3, 0.4) is 0 Å². The molecule has 1 amide bonds. The number of carbonyl (C=O) groups excluding carboxylic acids is 1. The maximum Gasteiger partial charge on any atom is 0.248 e. The minimum atomic E-state index is -3.75. The average molecular weight is 378 g/mol. The fraction of sp³-hybridized carbons (Fsp3) is 0.316. The fourth-order valence-electron chi connectivity index (χ4n) is 2.82. The van der Waals surface area contributed by atoms with E-state index in [2.05, 4.69) is 5.32 Å². The lowest BCUT2D eigenvalue weighted by Gasteiger charge is -2.30. The van der Waals surface area contributed by atoms with Crippen molar-refractivity contribution in [3.8, 4) is 0 Å². The van der Waals surface area contributed by atoms with E-state index in [-0.39, 0.29) is 12.1 Å². The molecule has 0 aliphatic carbocycles. The van der Waals surface area contributed by atoms with Crippen LogP contribution in [0.15, 0.2) is 42.5 Å². The molecular formula is C19H23FN2O3S. The molecule has 1 N–H and O–H groups in total. The van der Waals surface area contributed by atoms with E-state index in [0.29, 0.717) is 5.69 Å². The molecule has 0 saturated heterocycles. The van der Waals surface area contributed by atoms with Crippen molar-refractivity contribution in [3.05, 3.63) is 59.4 Å². The van der Waals surface area contributed by atoms with E-state index in [4.69, 9.17) is 0 Å². The molecule has 0 unspecified atom stereocenters. The van der Waals surface area contributed by atoms with Gasteiger partial charge in [0.05, 0.1) is 11.9 Å². The number of aryl methyl sites for hydroxylation is 2. The van der Waals surface area contributed by atoms with Gasteiger partial charge in [-0.05, 0) is 56.2 Å². The smallest absolute Gasteiger partial charge is 0.248 e. The summed E-state index contributed by atoms with van der Waals surface area (Å²) in [4.78, 5) is 12.8. The zero-order chi connectivity index (χ0) is 19.5. The van der Waals surface area contributed by atoms with Gasteiger partial charge in [-0.25, -0.2) is 12.8 Å². The number of anilines is 2. The summed E-state index contributed by atoms with van der Waals surface area (Å²) in [6.45, 7) is 5.55. The van der Waals surface area contributed by atoms with Gasteiger partial charge in [0, 0.05) is 5.69 Å². The predicted molar refractivity (Wildman–Crippen MR) is 102 cm³/mol. The normalized spacial score (nSPS) is 12.5. The van der Waals surface area contributed by atoms with Crippen LogP contribution in [0, 0.1) is 19.7 Å². The van der Waals surface area contributed by atoms with E-state index in [1.165, 1.54) is 24.3 Å². The summed E-state index contributed by atoms with van der Waals surface area (Å²) in [5.74, 6) is -0.913. The average Bonchev–Trinajstić information content (AvgIpc) is 2.55. The number of rotatable bonds is 6. The zero-order valence-corrected chi connectivity index (χ0v) is 16.1. The van der Waals surface area contributed by atoms with Gasteiger partial charge in [0.1, 0.15) is 11.9 Å². The molecule has 0 bridgehead atoms. The lowest BCUT2D eigenvalue weighted by atomic mass is 10.1. The first-order chi connectivity index (χ1) is 12.1. The Hall–Kier alpha value is -2.41. The fourth-order valence-corrected chi connectivity index (χ4v) is 4.03. The molecular weight excluding hydrogens is 355 g/mol. The Morgan fingerprint density at radius 1 is 1.15 bits per heavy atom. The number of nitrogens with zero attached hydrogens (tertiary/aromatic N) is 1. The van der Waals surface area contributed by atoms with Crippen molar-refractivity contribution >= 4 is 27.3 Å². The van der Waals surface area contributed by atoms with Crippen molar-refractivity contribution in [1.82, 2.24) is 0 Å². The summed E-state index contributed by atoms with van der Waals surface area (Å²) >= 11 is 0. The van der Waals surface area contributed by atoms with Crippen LogP contribution in [-0.2, 0) is 14.8 Å². The van der Waals surface area contributed by atoms with E-state index in [1.807, 2.05) is 26.0 Å². The Balaban J connectivity index is 2.38. The van der Waals surface area contributed by atoms with E-state index >= 15 is 0 Å². The second-order valence-electron chi connectivity index (χ2n) is 6.27. The molecule has 2 rings (SSSR count). The Labute approximate surface area is 153 Å². The highest BCUT2D eigenvalue weighted by atomic mass is 32.2. The van der Waals surface area contributed by atoms with Crippen molar-refractivity contribution in [3.63, 3.8) is 0 Å². The topological polar surface area (TPSA) is 66.5 Å². The maximum absolute atomic E-state index is 13.2. The Morgan fingerprint density at radius 3 is 2.27 bits per heavy atom. The van der Waals surface area contributed by atoms with Crippen molar-refractivity contribution in [1.29, 1.82) is 0 Å². The van der Waals surface area contributed by atoms with Gasteiger partial charge in [-0.3, -0.25) is 9.10 Å². The van der Waals surface area contributed by atoms with Crippen molar-refractivity contribution in [2.75, 3.05) is 15.9 Å². The molecule has 2 aromatic rings. The van der Waals surface area contributed by atoms with Gasteiger partial charge in [-0.15, -0.1) is 0 Å². The molecule has 140 valence electrons. The SMILES string of the molecule is CC[C@@H](C(=O)Nc1ccc(C)cc1C)N(c1ccc(F)cc1)S(C)(=O)=O. The molecule has 0 aliphatic heterocycles. The number of halogens is 1. The molecule has 0 fully saturated rings. The molecule has 0 spiro atoms. The van der Waals surface area contributed by atoms with Gasteiger partial charge in [0.25, 0.3) is 0 Å². The van der Waals surface area contributed by atoms with E-state index < -0.39 is 27.8 Å². The van der Waals surface area contributed by atoms with Crippen molar-refractivity contribution in [2.24, 2.45) is 0 Å². The molecule has 7 heteroatoms. The van der Waals surface area contributed by atoms with Crippen LogP contribution in [0.4, 0.5) is 15.8 Å². The molecule has 0 aromatic heterocycles.